The molecule has 4 aliphatic carbocycles. The Morgan fingerprint density at radius 1 is 1.00 bits per heavy atom. The van der Waals surface area contributed by atoms with Gasteiger partial charge in [0.05, 0.1) is 0 Å². The Bertz CT molecular complexity index is 1150. The summed E-state index contributed by atoms with van der Waals surface area (Å²) in [5.41, 5.74) is 1.25. The molecular weight excluding hydrogens is 552 g/mol. The van der Waals surface area contributed by atoms with Crippen LogP contribution in [-0.2, 0) is 9.53 Å². The van der Waals surface area contributed by atoms with Crippen molar-refractivity contribution in [2.75, 3.05) is 0 Å². The zero-order chi connectivity index (χ0) is 31.2. The van der Waals surface area contributed by atoms with E-state index in [-0.39, 0.29) is 17.5 Å². The lowest BCUT2D eigenvalue weighted by molar-refractivity contribution is -0.167. The molecule has 0 spiro atoms. The number of hydrogen-bond acceptors (Lipinski definition) is 3. The smallest absolute Gasteiger partial charge is 0.350 e. The number of carbonyl (C=O) groups excluding carboxylic acids is 1. The third-order valence-electron chi connectivity index (χ3n) is 13.2. The number of rotatable bonds is 10. The van der Waals surface area contributed by atoms with Crippen LogP contribution >= 0.6 is 11.6 Å². The summed E-state index contributed by atoms with van der Waals surface area (Å²) in [5.74, 6) is 6.18. The Hall–Kier alpha value is -1.48. The maximum absolute atomic E-state index is 13.3. The number of benzene rings is 1. The molecule has 0 aromatic heterocycles. The van der Waals surface area contributed by atoms with Gasteiger partial charge in [-0.1, -0.05) is 77.6 Å². The van der Waals surface area contributed by atoms with Crippen molar-refractivity contribution < 1.29 is 14.3 Å². The molecule has 3 nitrogen and oxygen atoms in total. The Morgan fingerprint density at radius 2 is 1.72 bits per heavy atom. The van der Waals surface area contributed by atoms with E-state index >= 15 is 0 Å². The largest absolute Gasteiger partial charge is 0.476 e. The first kappa shape index (κ1) is 32.9. The number of fused-ring (bicyclic) bond motifs is 5. The maximum atomic E-state index is 13.3. The van der Waals surface area contributed by atoms with Crippen molar-refractivity contribution in [3.05, 3.63) is 40.9 Å². The lowest BCUT2D eigenvalue weighted by Crippen LogP contribution is -2.51. The minimum Gasteiger partial charge on any atom is -0.476 e. The first-order chi connectivity index (χ1) is 20.3. The molecule has 4 heteroatoms. The third-order valence-corrected chi connectivity index (χ3v) is 13.5. The normalized spacial score (nSPS) is 35.3. The van der Waals surface area contributed by atoms with Crippen LogP contribution in [0, 0.1) is 52.3 Å². The fraction of sp³-hybridized carbons (Fsp3) is 0.769. The zero-order valence-corrected chi connectivity index (χ0v) is 29.1. The molecule has 5 rings (SSSR count). The van der Waals surface area contributed by atoms with Crippen molar-refractivity contribution >= 4 is 17.6 Å². The van der Waals surface area contributed by atoms with Gasteiger partial charge in [0.1, 0.15) is 11.9 Å². The van der Waals surface area contributed by atoms with Crippen LogP contribution in [0.5, 0.6) is 5.75 Å². The van der Waals surface area contributed by atoms with E-state index in [0.29, 0.717) is 16.2 Å². The van der Waals surface area contributed by atoms with E-state index < -0.39 is 5.60 Å². The maximum Gasteiger partial charge on any atom is 0.350 e. The highest BCUT2D eigenvalue weighted by Gasteiger charge is 2.59. The van der Waals surface area contributed by atoms with E-state index in [0.717, 1.165) is 60.7 Å². The number of carbonyl (C=O) groups is 1. The predicted molar refractivity (Wildman–Crippen MR) is 178 cm³/mol. The van der Waals surface area contributed by atoms with Crippen LogP contribution in [0.2, 0.25) is 5.02 Å². The average Bonchev–Trinajstić information content (AvgIpc) is 3.31. The second-order valence-corrected chi connectivity index (χ2v) is 16.7. The topological polar surface area (TPSA) is 35.5 Å². The van der Waals surface area contributed by atoms with Gasteiger partial charge in [0.15, 0.2) is 5.60 Å². The summed E-state index contributed by atoms with van der Waals surface area (Å²) >= 11 is 6.02. The van der Waals surface area contributed by atoms with E-state index in [1.54, 1.807) is 43.7 Å². The van der Waals surface area contributed by atoms with Gasteiger partial charge in [-0.15, -0.1) is 0 Å². The molecule has 1 aromatic carbocycles. The molecule has 3 saturated carbocycles. The molecule has 4 aliphatic rings. The van der Waals surface area contributed by atoms with Crippen molar-refractivity contribution in [1.82, 2.24) is 0 Å². The highest BCUT2D eigenvalue weighted by molar-refractivity contribution is 6.30. The zero-order valence-electron chi connectivity index (χ0n) is 28.4. The summed E-state index contributed by atoms with van der Waals surface area (Å²) in [4.78, 5) is 13.3. The number of esters is 1. The second-order valence-electron chi connectivity index (χ2n) is 16.3. The summed E-state index contributed by atoms with van der Waals surface area (Å²) in [7, 11) is 0. The van der Waals surface area contributed by atoms with Gasteiger partial charge in [0.25, 0.3) is 0 Å². The minimum atomic E-state index is -1.06. The van der Waals surface area contributed by atoms with Crippen LogP contribution in [0.3, 0.4) is 0 Å². The molecular formula is C39H59ClO3. The van der Waals surface area contributed by atoms with Crippen LogP contribution in [0.25, 0.3) is 0 Å². The van der Waals surface area contributed by atoms with Gasteiger partial charge in [0, 0.05) is 11.4 Å². The number of hydrogen-bond donors (Lipinski definition) is 0. The van der Waals surface area contributed by atoms with E-state index in [2.05, 4.69) is 47.6 Å². The lowest BCUT2D eigenvalue weighted by atomic mass is 9.47. The van der Waals surface area contributed by atoms with Crippen molar-refractivity contribution in [1.29, 1.82) is 0 Å². The van der Waals surface area contributed by atoms with Gasteiger partial charge in [-0.2, -0.15) is 0 Å². The molecule has 0 radical (unpaired) electrons. The van der Waals surface area contributed by atoms with Crippen molar-refractivity contribution in [2.24, 2.45) is 52.3 Å². The Kier molecular flexibility index (Phi) is 9.74. The van der Waals surface area contributed by atoms with Gasteiger partial charge < -0.3 is 9.47 Å². The Labute approximate surface area is 267 Å². The molecule has 0 amide bonds. The first-order valence-electron chi connectivity index (χ1n) is 17.6. The fourth-order valence-corrected chi connectivity index (χ4v) is 10.6. The summed E-state index contributed by atoms with van der Waals surface area (Å²) in [5, 5.41) is 0.646. The molecule has 9 atom stereocenters. The number of allylic oxidation sites excluding steroid dienone is 1. The summed E-state index contributed by atoms with van der Waals surface area (Å²) < 4.78 is 12.2. The average molecular weight is 611 g/mol. The quantitative estimate of drug-likeness (QED) is 0.195. The van der Waals surface area contributed by atoms with E-state index in [1.807, 2.05) is 0 Å². The molecule has 0 bridgehead atoms. The lowest BCUT2D eigenvalue weighted by Gasteiger charge is -2.58. The van der Waals surface area contributed by atoms with Crippen molar-refractivity contribution in [3.63, 3.8) is 0 Å². The van der Waals surface area contributed by atoms with Crippen molar-refractivity contribution in [2.45, 2.75) is 138 Å². The molecule has 1 aromatic rings. The van der Waals surface area contributed by atoms with Crippen LogP contribution in [0.15, 0.2) is 35.9 Å². The monoisotopic (exact) mass is 610 g/mol. The molecule has 0 heterocycles. The summed E-state index contributed by atoms with van der Waals surface area (Å²) in [6, 6.07) is 7.14. The minimum absolute atomic E-state index is 0.0696. The van der Waals surface area contributed by atoms with E-state index in [4.69, 9.17) is 21.1 Å². The summed E-state index contributed by atoms with van der Waals surface area (Å²) in [6.07, 6.45) is 16.4. The molecule has 3 fully saturated rings. The number of halogens is 1. The molecule has 0 N–H and O–H groups in total. The van der Waals surface area contributed by atoms with Gasteiger partial charge >= 0.3 is 5.97 Å². The second kappa shape index (κ2) is 12.7. The fourth-order valence-electron chi connectivity index (χ4n) is 10.5. The van der Waals surface area contributed by atoms with Crippen molar-refractivity contribution in [3.8, 4) is 5.75 Å². The standard InChI is InChI=1S/C39H59ClO3/c1-9-27(25(2)3)11-10-26(4)33-18-19-34-32-17-12-28-24-31(20-22-38(28,7)35(32)21-23-39(33,34)8)42-36(41)37(5,6)43-30-15-13-29(40)14-16-30/h12-16,25-27,31-35H,9-11,17-24H2,1-8H3/t26-,27-,31+,32+,33-,34+,35+,38+,39-/m1/s1. The van der Waals surface area contributed by atoms with Crippen LogP contribution in [-0.4, -0.2) is 17.7 Å². The van der Waals surface area contributed by atoms with Gasteiger partial charge in [-0.25, -0.2) is 4.79 Å². The van der Waals surface area contributed by atoms with Gasteiger partial charge in [-0.05, 0) is 142 Å². The van der Waals surface area contributed by atoms with Crippen LogP contribution in [0.4, 0.5) is 0 Å². The highest BCUT2D eigenvalue weighted by Crippen LogP contribution is 2.67. The van der Waals surface area contributed by atoms with Crippen LogP contribution < -0.4 is 4.74 Å². The Morgan fingerprint density at radius 3 is 2.40 bits per heavy atom. The molecule has 0 saturated heterocycles. The molecule has 240 valence electrons. The Balaban J connectivity index is 1.22. The molecule has 0 aliphatic heterocycles. The van der Waals surface area contributed by atoms with Crippen LogP contribution in [0.1, 0.15) is 126 Å². The predicted octanol–water partition coefficient (Wildman–Crippen LogP) is 11.1. The van der Waals surface area contributed by atoms with Gasteiger partial charge in [0.2, 0.25) is 0 Å². The van der Waals surface area contributed by atoms with E-state index in [1.165, 1.54) is 51.4 Å². The number of ether oxygens (including phenoxy) is 2. The SMILES string of the molecule is CC[C@H](CC[C@@H](C)[C@H]1CC[C@H]2[C@@H]3CC=C4C[C@@H](OC(=O)C(C)(C)Oc5ccc(Cl)cc5)CC[C@]4(C)[C@H]3CC[C@]12C)C(C)C. The molecule has 0 unspecified atom stereocenters. The summed E-state index contributed by atoms with van der Waals surface area (Å²) in [6.45, 7) is 18.6. The third kappa shape index (κ3) is 6.45. The first-order valence-corrected chi connectivity index (χ1v) is 18.0. The highest BCUT2D eigenvalue weighted by atomic mass is 35.5. The molecule has 43 heavy (non-hydrogen) atoms. The van der Waals surface area contributed by atoms with E-state index in [9.17, 15) is 4.79 Å². The van der Waals surface area contributed by atoms with Gasteiger partial charge in [-0.3, -0.25) is 0 Å².